The van der Waals surface area contributed by atoms with Crippen LogP contribution in [-0.4, -0.2) is 5.97 Å². The maximum Gasteiger partial charge on any atom is 0.306 e. The molecule has 2 N–H and O–H groups in total. The minimum absolute atomic E-state index is 0.0545. The summed E-state index contributed by atoms with van der Waals surface area (Å²) in [5.74, 6) is -0.687. The monoisotopic (exact) mass is 351 g/mol. The smallest absolute Gasteiger partial charge is 0.306 e. The lowest BCUT2D eigenvalue weighted by Gasteiger charge is -2.07. The molecule has 21 heavy (non-hydrogen) atoms. The number of hydrogen-bond acceptors (Lipinski definition) is 3. The van der Waals surface area contributed by atoms with Crippen LogP contribution in [0.15, 0.2) is 46.9 Å². The molecule has 2 aromatic rings. The topological polar surface area (TPSA) is 52.3 Å². The van der Waals surface area contributed by atoms with Gasteiger partial charge in [0.15, 0.2) is 0 Å². The second-order valence-electron chi connectivity index (χ2n) is 4.62. The lowest BCUT2D eigenvalue weighted by molar-refractivity contribution is -0.144. The molecule has 0 aliphatic carbocycles. The zero-order valence-corrected chi connectivity index (χ0v) is 12.9. The highest BCUT2D eigenvalue weighted by molar-refractivity contribution is 9.10. The van der Waals surface area contributed by atoms with Gasteiger partial charge in [0.05, 0.1) is 4.47 Å². The van der Waals surface area contributed by atoms with Crippen LogP contribution >= 0.6 is 15.9 Å². The number of ether oxygens (including phenoxy) is 1. The molecule has 0 spiro atoms. The molecule has 5 heteroatoms. The normalized spacial score (nSPS) is 10.4. The van der Waals surface area contributed by atoms with Crippen LogP contribution < -0.4 is 5.73 Å². The molecule has 0 aliphatic rings. The van der Waals surface area contributed by atoms with Crippen LogP contribution in [0.2, 0.25) is 0 Å². The summed E-state index contributed by atoms with van der Waals surface area (Å²) in [5.41, 5.74) is 7.91. The van der Waals surface area contributed by atoms with Crippen LogP contribution in [-0.2, 0) is 22.6 Å². The Morgan fingerprint density at radius 1 is 1.19 bits per heavy atom. The van der Waals surface area contributed by atoms with E-state index in [1.165, 1.54) is 6.07 Å². The summed E-state index contributed by atoms with van der Waals surface area (Å²) in [4.78, 5) is 11.7. The van der Waals surface area contributed by atoms with Gasteiger partial charge in [-0.15, -0.1) is 0 Å². The Hall–Kier alpha value is -1.88. The highest BCUT2D eigenvalue weighted by Gasteiger charge is 2.08. The van der Waals surface area contributed by atoms with Crippen LogP contribution in [0.25, 0.3) is 0 Å². The first-order chi connectivity index (χ1) is 10.1. The van der Waals surface area contributed by atoms with Gasteiger partial charge in [-0.05, 0) is 46.1 Å². The average molecular weight is 352 g/mol. The summed E-state index contributed by atoms with van der Waals surface area (Å²) in [5, 5.41) is 0. The van der Waals surface area contributed by atoms with E-state index in [1.54, 1.807) is 24.3 Å². The number of hydrogen-bond donors (Lipinski definition) is 1. The van der Waals surface area contributed by atoms with Gasteiger partial charge in [-0.3, -0.25) is 4.79 Å². The highest BCUT2D eigenvalue weighted by Crippen LogP contribution is 2.21. The molecule has 0 unspecified atom stereocenters. The molecular formula is C16H15BrFNO2. The summed E-state index contributed by atoms with van der Waals surface area (Å²) in [7, 11) is 0. The molecule has 0 aliphatic heterocycles. The third kappa shape index (κ3) is 4.56. The zero-order valence-electron chi connectivity index (χ0n) is 11.3. The predicted molar refractivity (Wildman–Crippen MR) is 83.1 cm³/mol. The average Bonchev–Trinajstić information content (AvgIpc) is 2.48. The first-order valence-corrected chi connectivity index (χ1v) is 7.28. The molecule has 0 atom stereocenters. The van der Waals surface area contributed by atoms with E-state index in [1.807, 2.05) is 12.1 Å². The standard InChI is InChI=1S/C16H15BrFNO2/c17-16-12(2-1-3-14(16)18)10-21-15(20)9-6-11-4-7-13(19)8-5-11/h1-5,7-8H,6,9-10,19H2. The van der Waals surface area contributed by atoms with Crippen molar-refractivity contribution < 1.29 is 13.9 Å². The fourth-order valence-electron chi connectivity index (χ4n) is 1.82. The largest absolute Gasteiger partial charge is 0.461 e. The maximum atomic E-state index is 13.3. The molecule has 0 radical (unpaired) electrons. The van der Waals surface area contributed by atoms with Crippen molar-refractivity contribution in [3.05, 3.63) is 63.9 Å². The number of esters is 1. The summed E-state index contributed by atoms with van der Waals surface area (Å²) < 4.78 is 18.8. The van der Waals surface area contributed by atoms with E-state index in [2.05, 4.69) is 15.9 Å². The van der Waals surface area contributed by atoms with Crippen LogP contribution in [0.3, 0.4) is 0 Å². The lowest BCUT2D eigenvalue weighted by atomic mass is 10.1. The second kappa shape index (κ2) is 7.22. The summed E-state index contributed by atoms with van der Waals surface area (Å²) in [6.07, 6.45) is 0.861. The molecule has 0 saturated heterocycles. The molecule has 3 nitrogen and oxygen atoms in total. The fraction of sp³-hybridized carbons (Fsp3) is 0.188. The van der Waals surface area contributed by atoms with Crippen molar-refractivity contribution in [1.82, 2.24) is 0 Å². The van der Waals surface area contributed by atoms with E-state index in [9.17, 15) is 9.18 Å². The minimum atomic E-state index is -0.370. The van der Waals surface area contributed by atoms with Gasteiger partial charge in [0.2, 0.25) is 0 Å². The Bertz CT molecular complexity index is 629. The summed E-state index contributed by atoms with van der Waals surface area (Å²) in [6.45, 7) is 0.0545. The zero-order chi connectivity index (χ0) is 15.2. The molecule has 0 amide bonds. The molecular weight excluding hydrogens is 337 g/mol. The van der Waals surface area contributed by atoms with Gasteiger partial charge >= 0.3 is 5.97 Å². The van der Waals surface area contributed by atoms with E-state index >= 15 is 0 Å². The fourth-order valence-corrected chi connectivity index (χ4v) is 2.20. The van der Waals surface area contributed by atoms with Crippen molar-refractivity contribution in [2.45, 2.75) is 19.4 Å². The molecule has 0 aromatic heterocycles. The predicted octanol–water partition coefficient (Wildman–Crippen LogP) is 3.85. The molecule has 2 aromatic carbocycles. The highest BCUT2D eigenvalue weighted by atomic mass is 79.9. The SMILES string of the molecule is Nc1ccc(CCC(=O)OCc2cccc(F)c2Br)cc1. The van der Waals surface area contributed by atoms with Crippen LogP contribution in [0.4, 0.5) is 10.1 Å². The molecule has 2 rings (SSSR count). The van der Waals surface area contributed by atoms with Crippen molar-refractivity contribution in [1.29, 1.82) is 0 Å². The minimum Gasteiger partial charge on any atom is -0.461 e. The molecule has 0 bridgehead atoms. The van der Waals surface area contributed by atoms with Gasteiger partial charge in [-0.25, -0.2) is 4.39 Å². The number of carbonyl (C=O) groups excluding carboxylic acids is 1. The van der Waals surface area contributed by atoms with Crippen molar-refractivity contribution in [2.24, 2.45) is 0 Å². The lowest BCUT2D eigenvalue weighted by Crippen LogP contribution is -2.06. The number of nitrogen functional groups attached to an aromatic ring is 1. The van der Waals surface area contributed by atoms with Gasteiger partial charge < -0.3 is 10.5 Å². The van der Waals surface area contributed by atoms with Gasteiger partial charge in [-0.1, -0.05) is 24.3 Å². The van der Waals surface area contributed by atoms with E-state index in [0.29, 0.717) is 22.1 Å². The van der Waals surface area contributed by atoms with E-state index in [-0.39, 0.29) is 24.8 Å². The van der Waals surface area contributed by atoms with Crippen molar-refractivity contribution in [3.8, 4) is 0 Å². The van der Waals surface area contributed by atoms with E-state index in [4.69, 9.17) is 10.5 Å². The Balaban J connectivity index is 1.82. The Morgan fingerprint density at radius 3 is 2.62 bits per heavy atom. The van der Waals surface area contributed by atoms with Crippen molar-refractivity contribution in [3.63, 3.8) is 0 Å². The number of nitrogens with two attached hydrogens (primary N) is 1. The Morgan fingerprint density at radius 2 is 1.90 bits per heavy atom. The maximum absolute atomic E-state index is 13.3. The Kier molecular flexibility index (Phi) is 5.33. The molecule has 0 fully saturated rings. The number of carbonyl (C=O) groups is 1. The first-order valence-electron chi connectivity index (χ1n) is 6.49. The number of anilines is 1. The number of benzene rings is 2. The van der Waals surface area contributed by atoms with Gasteiger partial charge in [0.1, 0.15) is 12.4 Å². The molecule has 0 saturated carbocycles. The number of rotatable bonds is 5. The third-order valence-corrected chi connectivity index (χ3v) is 3.91. The molecule has 110 valence electrons. The summed E-state index contributed by atoms with van der Waals surface area (Å²) >= 11 is 3.13. The van der Waals surface area contributed by atoms with E-state index < -0.39 is 0 Å². The van der Waals surface area contributed by atoms with Crippen LogP contribution in [0, 0.1) is 5.82 Å². The number of halogens is 2. The third-order valence-electron chi connectivity index (χ3n) is 3.02. The number of aryl methyl sites for hydroxylation is 1. The van der Waals surface area contributed by atoms with Crippen molar-refractivity contribution in [2.75, 3.05) is 5.73 Å². The van der Waals surface area contributed by atoms with Gasteiger partial charge in [0, 0.05) is 17.7 Å². The van der Waals surface area contributed by atoms with Crippen LogP contribution in [0.5, 0.6) is 0 Å². The first kappa shape index (κ1) is 15.5. The Labute approximate surface area is 131 Å². The second-order valence-corrected chi connectivity index (χ2v) is 5.41. The van der Waals surface area contributed by atoms with Gasteiger partial charge in [-0.2, -0.15) is 0 Å². The van der Waals surface area contributed by atoms with E-state index in [0.717, 1.165) is 5.56 Å². The van der Waals surface area contributed by atoms with Crippen LogP contribution in [0.1, 0.15) is 17.5 Å². The van der Waals surface area contributed by atoms with Gasteiger partial charge in [0.25, 0.3) is 0 Å². The molecule has 0 heterocycles. The quantitative estimate of drug-likeness (QED) is 0.657. The summed E-state index contributed by atoms with van der Waals surface area (Å²) in [6, 6.07) is 12.0. The van der Waals surface area contributed by atoms with Crippen molar-refractivity contribution >= 4 is 27.6 Å².